The van der Waals surface area contributed by atoms with Crippen molar-refractivity contribution in [3.05, 3.63) is 35.6 Å². The Balaban J connectivity index is 2.62. The second-order valence-corrected chi connectivity index (χ2v) is 4.09. The molecule has 0 fully saturated rings. The zero-order valence-electron chi connectivity index (χ0n) is 8.90. The van der Waals surface area contributed by atoms with E-state index in [1.54, 1.807) is 12.1 Å². The molecule has 0 radical (unpaired) electrons. The summed E-state index contributed by atoms with van der Waals surface area (Å²) in [5, 5.41) is 0. The van der Waals surface area contributed by atoms with Crippen LogP contribution < -0.4 is 5.73 Å². The highest BCUT2D eigenvalue weighted by molar-refractivity contribution is 7.80. The molecule has 0 aliphatic rings. The monoisotopic (exact) mass is 226 g/mol. The number of halogens is 1. The number of hydrogen-bond donors (Lipinski definition) is 1. The first-order valence-corrected chi connectivity index (χ1v) is 5.15. The Morgan fingerprint density at radius 1 is 1.47 bits per heavy atom. The van der Waals surface area contributed by atoms with E-state index >= 15 is 0 Å². The molecule has 1 unspecified atom stereocenters. The van der Waals surface area contributed by atoms with Gasteiger partial charge in [0.05, 0.1) is 11.0 Å². The van der Waals surface area contributed by atoms with Gasteiger partial charge in [-0.15, -0.1) is 0 Å². The van der Waals surface area contributed by atoms with Gasteiger partial charge in [0.1, 0.15) is 5.82 Å². The van der Waals surface area contributed by atoms with Crippen molar-refractivity contribution in [2.45, 2.75) is 19.5 Å². The lowest BCUT2D eigenvalue weighted by molar-refractivity contribution is 0.304. The van der Waals surface area contributed by atoms with Crippen LogP contribution in [-0.4, -0.2) is 23.0 Å². The first-order chi connectivity index (χ1) is 7.00. The molecule has 0 aliphatic heterocycles. The number of thiocarbonyl (C=S) groups is 1. The quantitative estimate of drug-likeness (QED) is 0.795. The Morgan fingerprint density at radius 3 is 2.47 bits per heavy atom. The number of likely N-dealkylation sites (N-methyl/N-ethyl adjacent to an activating group) is 1. The van der Waals surface area contributed by atoms with E-state index in [1.807, 2.05) is 18.9 Å². The van der Waals surface area contributed by atoms with E-state index in [2.05, 4.69) is 0 Å². The van der Waals surface area contributed by atoms with Gasteiger partial charge < -0.3 is 5.73 Å². The Bertz CT molecular complexity index is 337. The summed E-state index contributed by atoms with van der Waals surface area (Å²) in [5.74, 6) is -0.219. The maximum atomic E-state index is 12.7. The molecule has 0 saturated carbocycles. The fourth-order valence-electron chi connectivity index (χ4n) is 1.23. The number of hydrogen-bond acceptors (Lipinski definition) is 2. The topological polar surface area (TPSA) is 29.3 Å². The van der Waals surface area contributed by atoms with Crippen LogP contribution in [0, 0.1) is 5.82 Å². The van der Waals surface area contributed by atoms with Crippen LogP contribution in [0.1, 0.15) is 12.5 Å². The van der Waals surface area contributed by atoms with Crippen molar-refractivity contribution in [3.63, 3.8) is 0 Å². The second-order valence-electron chi connectivity index (χ2n) is 3.62. The highest BCUT2D eigenvalue weighted by atomic mass is 32.1. The Labute approximate surface area is 94.9 Å². The van der Waals surface area contributed by atoms with Crippen molar-refractivity contribution in [1.29, 1.82) is 0 Å². The molecule has 1 aromatic carbocycles. The van der Waals surface area contributed by atoms with Gasteiger partial charge in [-0.25, -0.2) is 4.39 Å². The summed E-state index contributed by atoms with van der Waals surface area (Å²) in [6.45, 7) is 2.66. The molecule has 0 spiro atoms. The fourth-order valence-corrected chi connectivity index (χ4v) is 1.41. The zero-order chi connectivity index (χ0) is 11.4. The summed E-state index contributed by atoms with van der Waals surface area (Å²) in [6.07, 6.45) is 0. The predicted octanol–water partition coefficient (Wildman–Crippen LogP) is 1.93. The molecule has 0 bridgehead atoms. The van der Waals surface area contributed by atoms with Gasteiger partial charge in [-0.3, -0.25) is 4.90 Å². The Kier molecular flexibility index (Phi) is 4.17. The average molecular weight is 226 g/mol. The second kappa shape index (κ2) is 5.19. The van der Waals surface area contributed by atoms with Crippen LogP contribution in [0.15, 0.2) is 24.3 Å². The van der Waals surface area contributed by atoms with Crippen LogP contribution in [0.4, 0.5) is 4.39 Å². The van der Waals surface area contributed by atoms with Gasteiger partial charge in [0, 0.05) is 6.54 Å². The number of benzene rings is 1. The molecule has 0 saturated heterocycles. The molecule has 0 amide bonds. The molecule has 2 N–H and O–H groups in total. The van der Waals surface area contributed by atoms with Gasteiger partial charge in [0.15, 0.2) is 0 Å². The SMILES string of the molecule is CC(C(N)=S)N(C)Cc1ccc(F)cc1. The molecular formula is C11H15FN2S. The zero-order valence-corrected chi connectivity index (χ0v) is 9.72. The van der Waals surface area contributed by atoms with Crippen LogP contribution in [0.25, 0.3) is 0 Å². The van der Waals surface area contributed by atoms with E-state index in [1.165, 1.54) is 12.1 Å². The molecule has 0 aromatic heterocycles. The summed E-state index contributed by atoms with van der Waals surface area (Å²) < 4.78 is 12.7. The van der Waals surface area contributed by atoms with Gasteiger partial charge in [0.25, 0.3) is 0 Å². The van der Waals surface area contributed by atoms with Gasteiger partial charge in [-0.2, -0.15) is 0 Å². The number of nitrogens with zero attached hydrogens (tertiary/aromatic N) is 1. The smallest absolute Gasteiger partial charge is 0.123 e. The summed E-state index contributed by atoms with van der Waals surface area (Å²) in [7, 11) is 1.94. The number of rotatable bonds is 4. The largest absolute Gasteiger partial charge is 0.392 e. The van der Waals surface area contributed by atoms with Crippen LogP contribution >= 0.6 is 12.2 Å². The molecule has 15 heavy (non-hydrogen) atoms. The van der Waals surface area contributed by atoms with Crippen molar-refractivity contribution in [2.24, 2.45) is 5.73 Å². The molecule has 1 rings (SSSR count). The van der Waals surface area contributed by atoms with E-state index in [9.17, 15) is 4.39 Å². The van der Waals surface area contributed by atoms with E-state index in [-0.39, 0.29) is 11.9 Å². The predicted molar refractivity (Wildman–Crippen MR) is 64.1 cm³/mol. The molecule has 1 aromatic rings. The summed E-state index contributed by atoms with van der Waals surface area (Å²) in [5.41, 5.74) is 6.59. The minimum Gasteiger partial charge on any atom is -0.392 e. The fraction of sp³-hybridized carbons (Fsp3) is 0.364. The molecule has 2 nitrogen and oxygen atoms in total. The van der Waals surface area contributed by atoms with Crippen LogP contribution in [-0.2, 0) is 6.54 Å². The van der Waals surface area contributed by atoms with Gasteiger partial charge >= 0.3 is 0 Å². The maximum absolute atomic E-state index is 12.7. The van der Waals surface area contributed by atoms with Gasteiger partial charge in [-0.05, 0) is 31.7 Å². The van der Waals surface area contributed by atoms with Gasteiger partial charge in [0.2, 0.25) is 0 Å². The van der Waals surface area contributed by atoms with Crippen molar-refractivity contribution in [1.82, 2.24) is 4.90 Å². The summed E-state index contributed by atoms with van der Waals surface area (Å²) in [6, 6.07) is 6.48. The maximum Gasteiger partial charge on any atom is 0.123 e. The highest BCUT2D eigenvalue weighted by Crippen LogP contribution is 2.07. The Hall–Kier alpha value is -1.00. The van der Waals surface area contributed by atoms with Gasteiger partial charge in [-0.1, -0.05) is 24.4 Å². The molecular weight excluding hydrogens is 211 g/mol. The van der Waals surface area contributed by atoms with Crippen molar-refractivity contribution >= 4 is 17.2 Å². The summed E-state index contributed by atoms with van der Waals surface area (Å²) in [4.78, 5) is 2.50. The molecule has 82 valence electrons. The highest BCUT2D eigenvalue weighted by Gasteiger charge is 2.11. The molecule has 0 heterocycles. The molecule has 0 aliphatic carbocycles. The van der Waals surface area contributed by atoms with Crippen LogP contribution in [0.3, 0.4) is 0 Å². The van der Waals surface area contributed by atoms with E-state index in [4.69, 9.17) is 18.0 Å². The van der Waals surface area contributed by atoms with E-state index in [0.29, 0.717) is 11.5 Å². The van der Waals surface area contributed by atoms with E-state index in [0.717, 1.165) is 5.56 Å². The average Bonchev–Trinajstić information content (AvgIpc) is 2.20. The van der Waals surface area contributed by atoms with Crippen LogP contribution in [0.2, 0.25) is 0 Å². The minimum absolute atomic E-state index is 0.0463. The van der Waals surface area contributed by atoms with Crippen molar-refractivity contribution in [2.75, 3.05) is 7.05 Å². The molecule has 4 heteroatoms. The first-order valence-electron chi connectivity index (χ1n) is 4.74. The van der Waals surface area contributed by atoms with E-state index < -0.39 is 0 Å². The first kappa shape index (κ1) is 12.1. The third-order valence-electron chi connectivity index (χ3n) is 2.42. The lowest BCUT2D eigenvalue weighted by Crippen LogP contribution is -2.38. The molecule has 1 atom stereocenters. The summed E-state index contributed by atoms with van der Waals surface area (Å²) >= 11 is 4.91. The van der Waals surface area contributed by atoms with Crippen molar-refractivity contribution < 1.29 is 4.39 Å². The Morgan fingerprint density at radius 2 is 2.00 bits per heavy atom. The standard InChI is InChI=1S/C11H15FN2S/c1-8(11(13)15)14(2)7-9-3-5-10(12)6-4-9/h3-6,8H,7H2,1-2H3,(H2,13,15). The normalized spacial score (nSPS) is 12.8. The van der Waals surface area contributed by atoms with Crippen molar-refractivity contribution in [3.8, 4) is 0 Å². The van der Waals surface area contributed by atoms with Crippen LogP contribution in [0.5, 0.6) is 0 Å². The minimum atomic E-state index is -0.219. The number of nitrogens with two attached hydrogens (primary N) is 1. The lowest BCUT2D eigenvalue weighted by Gasteiger charge is -2.23. The third-order valence-corrected chi connectivity index (χ3v) is 2.76. The third kappa shape index (κ3) is 3.57. The lowest BCUT2D eigenvalue weighted by atomic mass is 10.2.